The number of ether oxygens (including phenoxy) is 1. The fourth-order valence-corrected chi connectivity index (χ4v) is 1.84. The van der Waals surface area contributed by atoms with Gasteiger partial charge in [-0.05, 0) is 34.1 Å². The van der Waals surface area contributed by atoms with E-state index >= 15 is 0 Å². The molecule has 0 aromatic carbocycles. The molecule has 18 heavy (non-hydrogen) atoms. The third-order valence-corrected chi connectivity index (χ3v) is 2.61. The van der Waals surface area contributed by atoms with Gasteiger partial charge in [-0.2, -0.15) is 0 Å². The Morgan fingerprint density at radius 1 is 1.44 bits per heavy atom. The first-order valence-corrected chi connectivity index (χ1v) is 6.23. The van der Waals surface area contributed by atoms with Gasteiger partial charge in [0.2, 0.25) is 5.91 Å². The van der Waals surface area contributed by atoms with Crippen molar-refractivity contribution < 1.29 is 14.3 Å². The van der Waals surface area contributed by atoms with E-state index in [0.29, 0.717) is 13.1 Å². The summed E-state index contributed by atoms with van der Waals surface area (Å²) in [7, 11) is 0. The van der Waals surface area contributed by atoms with Gasteiger partial charge in [0.25, 0.3) is 0 Å². The lowest BCUT2D eigenvalue weighted by molar-refractivity contribution is -0.131. The number of hydrogen-bond donors (Lipinski definition) is 2. The molecule has 104 valence electrons. The number of alkyl carbamates (subject to hydrolysis) is 1. The number of likely N-dealkylation sites (tertiary alicyclic amines) is 1. The number of rotatable bonds is 2. The summed E-state index contributed by atoms with van der Waals surface area (Å²) in [6.45, 7) is 8.23. The highest BCUT2D eigenvalue weighted by Crippen LogP contribution is 2.12. The zero-order chi connectivity index (χ0) is 13.9. The van der Waals surface area contributed by atoms with Gasteiger partial charge in [0.05, 0.1) is 12.1 Å². The standard InChI is InChI=1S/C12H23N3O3/c1-8(13)10(16)15-6-5-9(7-15)14-11(17)18-12(2,3)4/h8-9H,5-7,13H2,1-4H3,(H,14,17)/t8-,9?/m0/s1. The Kier molecular flexibility index (Phi) is 4.56. The molecular formula is C12H23N3O3. The Morgan fingerprint density at radius 2 is 2.06 bits per heavy atom. The normalized spacial score (nSPS) is 21.6. The van der Waals surface area contributed by atoms with Gasteiger partial charge in [-0.3, -0.25) is 4.79 Å². The van der Waals surface area contributed by atoms with Gasteiger partial charge in [-0.1, -0.05) is 0 Å². The van der Waals surface area contributed by atoms with E-state index in [1.807, 2.05) is 20.8 Å². The minimum Gasteiger partial charge on any atom is -0.444 e. The number of nitrogens with two attached hydrogens (primary N) is 1. The summed E-state index contributed by atoms with van der Waals surface area (Å²) in [6.07, 6.45) is 0.292. The maximum atomic E-state index is 11.7. The average molecular weight is 257 g/mol. The highest BCUT2D eigenvalue weighted by atomic mass is 16.6. The average Bonchev–Trinajstić information content (AvgIpc) is 2.61. The topological polar surface area (TPSA) is 84.7 Å². The third-order valence-electron chi connectivity index (χ3n) is 2.61. The highest BCUT2D eigenvalue weighted by Gasteiger charge is 2.29. The van der Waals surface area contributed by atoms with Crippen molar-refractivity contribution in [3.05, 3.63) is 0 Å². The molecule has 1 unspecified atom stereocenters. The first kappa shape index (κ1) is 14.8. The molecule has 1 aliphatic heterocycles. The summed E-state index contributed by atoms with van der Waals surface area (Å²) < 4.78 is 5.16. The molecule has 1 saturated heterocycles. The van der Waals surface area contributed by atoms with E-state index in [1.165, 1.54) is 0 Å². The molecular weight excluding hydrogens is 234 g/mol. The minimum absolute atomic E-state index is 0.0532. The first-order chi connectivity index (χ1) is 8.19. The fraction of sp³-hybridized carbons (Fsp3) is 0.833. The van der Waals surface area contributed by atoms with Crippen molar-refractivity contribution in [1.29, 1.82) is 0 Å². The molecule has 1 aliphatic rings. The van der Waals surface area contributed by atoms with Crippen LogP contribution in [0, 0.1) is 0 Å². The smallest absolute Gasteiger partial charge is 0.407 e. The number of carbonyl (C=O) groups is 2. The van der Waals surface area contributed by atoms with Gasteiger partial charge in [-0.25, -0.2) is 4.79 Å². The van der Waals surface area contributed by atoms with Crippen LogP contribution in [0.2, 0.25) is 0 Å². The highest BCUT2D eigenvalue weighted by molar-refractivity contribution is 5.81. The molecule has 2 atom stereocenters. The van der Waals surface area contributed by atoms with Gasteiger partial charge >= 0.3 is 6.09 Å². The number of nitrogens with one attached hydrogen (secondary N) is 1. The van der Waals surface area contributed by atoms with Crippen LogP contribution in [0.5, 0.6) is 0 Å². The Bertz CT molecular complexity index is 323. The van der Waals surface area contributed by atoms with Crippen LogP contribution in [0.4, 0.5) is 4.79 Å². The molecule has 3 N–H and O–H groups in total. The molecule has 1 heterocycles. The minimum atomic E-state index is -0.510. The van der Waals surface area contributed by atoms with Crippen LogP contribution in [-0.2, 0) is 9.53 Å². The first-order valence-electron chi connectivity index (χ1n) is 6.23. The second kappa shape index (κ2) is 5.56. The van der Waals surface area contributed by atoms with E-state index in [9.17, 15) is 9.59 Å². The molecule has 6 heteroatoms. The van der Waals surface area contributed by atoms with E-state index in [-0.39, 0.29) is 11.9 Å². The molecule has 0 bridgehead atoms. The van der Waals surface area contributed by atoms with Gasteiger partial charge < -0.3 is 20.7 Å². The van der Waals surface area contributed by atoms with E-state index in [1.54, 1.807) is 11.8 Å². The Morgan fingerprint density at radius 3 is 2.56 bits per heavy atom. The summed E-state index contributed by atoms with van der Waals surface area (Å²) in [6, 6.07) is -0.548. The number of nitrogens with zero attached hydrogens (tertiary/aromatic N) is 1. The van der Waals surface area contributed by atoms with Gasteiger partial charge in [0.15, 0.2) is 0 Å². The van der Waals surface area contributed by atoms with Crippen molar-refractivity contribution in [2.24, 2.45) is 5.73 Å². The van der Waals surface area contributed by atoms with Crippen molar-refractivity contribution in [1.82, 2.24) is 10.2 Å². The van der Waals surface area contributed by atoms with Crippen molar-refractivity contribution in [2.75, 3.05) is 13.1 Å². The van der Waals surface area contributed by atoms with Gasteiger partial charge in [-0.15, -0.1) is 0 Å². The lowest BCUT2D eigenvalue weighted by Crippen LogP contribution is -2.44. The third kappa shape index (κ3) is 4.52. The van der Waals surface area contributed by atoms with Crippen LogP contribution >= 0.6 is 0 Å². The maximum Gasteiger partial charge on any atom is 0.407 e. The second-order valence-corrected chi connectivity index (χ2v) is 5.70. The van der Waals surface area contributed by atoms with Crippen LogP contribution < -0.4 is 11.1 Å². The molecule has 0 radical (unpaired) electrons. The van der Waals surface area contributed by atoms with Crippen LogP contribution in [0.15, 0.2) is 0 Å². The zero-order valence-corrected chi connectivity index (χ0v) is 11.5. The summed E-state index contributed by atoms with van der Waals surface area (Å²) in [5.74, 6) is -0.0801. The Hall–Kier alpha value is -1.30. The molecule has 0 saturated carbocycles. The maximum absolute atomic E-state index is 11.7. The molecule has 1 fully saturated rings. The summed E-state index contributed by atoms with van der Waals surface area (Å²) >= 11 is 0. The molecule has 0 aromatic rings. The fourth-order valence-electron chi connectivity index (χ4n) is 1.84. The summed E-state index contributed by atoms with van der Waals surface area (Å²) in [5, 5.41) is 2.76. The lowest BCUT2D eigenvalue weighted by Gasteiger charge is -2.22. The summed E-state index contributed by atoms with van der Waals surface area (Å²) in [5.41, 5.74) is 5.03. The second-order valence-electron chi connectivity index (χ2n) is 5.70. The molecule has 2 amide bonds. The predicted octanol–water partition coefficient (Wildman–Crippen LogP) is 0.459. The molecule has 0 aromatic heterocycles. The quantitative estimate of drug-likeness (QED) is 0.752. The van der Waals surface area contributed by atoms with Crippen LogP contribution in [0.1, 0.15) is 34.1 Å². The van der Waals surface area contributed by atoms with Gasteiger partial charge in [0.1, 0.15) is 5.60 Å². The number of carbonyl (C=O) groups excluding carboxylic acids is 2. The molecule has 1 rings (SSSR count). The van der Waals surface area contributed by atoms with Crippen molar-refractivity contribution in [3.8, 4) is 0 Å². The predicted molar refractivity (Wildman–Crippen MR) is 68.0 cm³/mol. The van der Waals surface area contributed by atoms with E-state index < -0.39 is 17.7 Å². The molecule has 0 spiro atoms. The number of amides is 2. The van der Waals surface area contributed by atoms with Crippen molar-refractivity contribution in [2.45, 2.75) is 51.8 Å². The Labute approximate surface area is 108 Å². The number of hydrogen-bond acceptors (Lipinski definition) is 4. The van der Waals surface area contributed by atoms with Gasteiger partial charge in [0, 0.05) is 13.1 Å². The van der Waals surface area contributed by atoms with Crippen molar-refractivity contribution in [3.63, 3.8) is 0 Å². The van der Waals surface area contributed by atoms with Crippen LogP contribution in [-0.4, -0.2) is 47.7 Å². The largest absolute Gasteiger partial charge is 0.444 e. The van der Waals surface area contributed by atoms with Crippen LogP contribution in [0.25, 0.3) is 0 Å². The monoisotopic (exact) mass is 257 g/mol. The lowest BCUT2D eigenvalue weighted by atomic mass is 10.2. The molecule has 6 nitrogen and oxygen atoms in total. The summed E-state index contributed by atoms with van der Waals surface area (Å²) in [4.78, 5) is 24.9. The molecule has 0 aliphatic carbocycles. The van der Waals surface area contributed by atoms with Crippen molar-refractivity contribution >= 4 is 12.0 Å². The SMILES string of the molecule is C[C@H](N)C(=O)N1CCC(NC(=O)OC(C)(C)C)C1. The van der Waals surface area contributed by atoms with E-state index in [2.05, 4.69) is 5.32 Å². The zero-order valence-electron chi connectivity index (χ0n) is 11.5. The van der Waals surface area contributed by atoms with Crippen LogP contribution in [0.3, 0.4) is 0 Å². The van der Waals surface area contributed by atoms with E-state index in [4.69, 9.17) is 10.5 Å². The Balaban J connectivity index is 2.39. The van der Waals surface area contributed by atoms with E-state index in [0.717, 1.165) is 6.42 Å².